The number of rotatable bonds is 5. The molecule has 1 aliphatic heterocycles. The van der Waals surface area contributed by atoms with Crippen LogP contribution in [-0.2, 0) is 11.2 Å². The fourth-order valence-electron chi connectivity index (χ4n) is 2.28. The van der Waals surface area contributed by atoms with Gasteiger partial charge in [-0.15, -0.1) is 0 Å². The number of hydrogen-bond donors (Lipinski definition) is 1. The molecule has 0 radical (unpaired) electrons. The van der Waals surface area contributed by atoms with Gasteiger partial charge in [0.2, 0.25) is 0 Å². The summed E-state index contributed by atoms with van der Waals surface area (Å²) in [6.45, 7) is 4.95. The highest BCUT2D eigenvalue weighted by Crippen LogP contribution is 2.18. The van der Waals surface area contributed by atoms with Crippen LogP contribution in [0.2, 0.25) is 0 Å². The highest BCUT2D eigenvalue weighted by atomic mass is 16.5. The molecule has 96 valence electrons. The minimum absolute atomic E-state index is 0.223. The number of hydrogen-bond acceptors (Lipinski definition) is 4. The molecule has 5 heteroatoms. The Kier molecular flexibility index (Phi) is 4.12. The zero-order chi connectivity index (χ0) is 12.3. The van der Waals surface area contributed by atoms with Gasteiger partial charge in [0.15, 0.2) is 0 Å². The van der Waals surface area contributed by atoms with Gasteiger partial charge in [-0.2, -0.15) is 5.10 Å². The van der Waals surface area contributed by atoms with Gasteiger partial charge in [-0.25, -0.2) is 9.67 Å². The molecule has 1 aromatic rings. The molecule has 5 nitrogen and oxygen atoms in total. The van der Waals surface area contributed by atoms with Crippen molar-refractivity contribution in [1.82, 2.24) is 14.8 Å². The molecule has 2 rings (SSSR count). The van der Waals surface area contributed by atoms with Crippen LogP contribution in [0, 0.1) is 0 Å². The Labute approximate surface area is 102 Å². The second-order valence-electron chi connectivity index (χ2n) is 4.94. The third-order valence-corrected chi connectivity index (χ3v) is 3.11. The second kappa shape index (κ2) is 5.60. The van der Waals surface area contributed by atoms with Gasteiger partial charge in [-0.1, -0.05) is 0 Å². The highest BCUT2D eigenvalue weighted by Gasteiger charge is 2.21. The molecule has 0 amide bonds. The van der Waals surface area contributed by atoms with E-state index < -0.39 is 0 Å². The van der Waals surface area contributed by atoms with E-state index >= 15 is 0 Å². The second-order valence-corrected chi connectivity index (χ2v) is 4.94. The van der Waals surface area contributed by atoms with Gasteiger partial charge in [-0.3, -0.25) is 0 Å². The summed E-state index contributed by atoms with van der Waals surface area (Å²) >= 11 is 0. The van der Waals surface area contributed by atoms with Crippen LogP contribution in [0.4, 0.5) is 0 Å². The van der Waals surface area contributed by atoms with Crippen LogP contribution in [0.3, 0.4) is 0 Å². The van der Waals surface area contributed by atoms with Crippen molar-refractivity contribution in [2.24, 2.45) is 0 Å². The van der Waals surface area contributed by atoms with E-state index in [1.54, 1.807) is 6.33 Å². The predicted molar refractivity (Wildman–Crippen MR) is 63.7 cm³/mol. The van der Waals surface area contributed by atoms with Gasteiger partial charge >= 0.3 is 0 Å². The summed E-state index contributed by atoms with van der Waals surface area (Å²) in [5.41, 5.74) is 0. The molecule has 0 aliphatic carbocycles. The molecule has 1 aliphatic rings. The largest absolute Gasteiger partial charge is 0.393 e. The molecule has 0 bridgehead atoms. The molecule has 1 saturated heterocycles. The van der Waals surface area contributed by atoms with E-state index in [0.717, 1.165) is 25.3 Å². The highest BCUT2D eigenvalue weighted by molar-refractivity contribution is 4.90. The Bertz CT molecular complexity index is 345. The van der Waals surface area contributed by atoms with Crippen LogP contribution < -0.4 is 0 Å². The summed E-state index contributed by atoms with van der Waals surface area (Å²) in [6.07, 6.45) is 4.81. The molecule has 0 saturated carbocycles. The average Bonchev–Trinajstić information content (AvgIpc) is 2.88. The fraction of sp³-hybridized carbons (Fsp3) is 0.833. The minimum atomic E-state index is -0.389. The smallest absolute Gasteiger partial charge is 0.138 e. The molecular weight excluding hydrogens is 218 g/mol. The molecule has 1 fully saturated rings. The van der Waals surface area contributed by atoms with E-state index in [2.05, 4.69) is 23.9 Å². The summed E-state index contributed by atoms with van der Waals surface area (Å²) in [5, 5.41) is 14.2. The first-order chi connectivity index (χ1) is 8.16. The van der Waals surface area contributed by atoms with Crippen molar-refractivity contribution in [3.63, 3.8) is 0 Å². The van der Waals surface area contributed by atoms with E-state index in [-0.39, 0.29) is 18.2 Å². The molecular formula is C12H21N3O2. The fourth-order valence-corrected chi connectivity index (χ4v) is 2.28. The van der Waals surface area contributed by atoms with Crippen LogP contribution >= 0.6 is 0 Å². The maximum Gasteiger partial charge on any atom is 0.138 e. The lowest BCUT2D eigenvalue weighted by Crippen LogP contribution is -2.21. The Morgan fingerprint density at radius 3 is 3.06 bits per heavy atom. The van der Waals surface area contributed by atoms with Gasteiger partial charge in [0, 0.05) is 19.1 Å². The Balaban J connectivity index is 1.88. The number of ether oxygens (including phenoxy) is 1. The van der Waals surface area contributed by atoms with Crippen LogP contribution in [-0.4, -0.2) is 38.7 Å². The van der Waals surface area contributed by atoms with Crippen molar-refractivity contribution in [1.29, 1.82) is 0 Å². The zero-order valence-corrected chi connectivity index (χ0v) is 10.5. The molecule has 1 N–H and O–H groups in total. The first-order valence-corrected chi connectivity index (χ1v) is 6.35. The quantitative estimate of drug-likeness (QED) is 0.842. The number of aromatic nitrogens is 3. The molecule has 17 heavy (non-hydrogen) atoms. The number of aliphatic hydroxyl groups excluding tert-OH is 1. The lowest BCUT2D eigenvalue weighted by atomic mass is 10.1. The van der Waals surface area contributed by atoms with E-state index in [9.17, 15) is 5.11 Å². The summed E-state index contributed by atoms with van der Waals surface area (Å²) < 4.78 is 7.38. The Morgan fingerprint density at radius 1 is 1.59 bits per heavy atom. The van der Waals surface area contributed by atoms with Crippen molar-refractivity contribution >= 4 is 0 Å². The van der Waals surface area contributed by atoms with Crippen molar-refractivity contribution < 1.29 is 9.84 Å². The minimum Gasteiger partial charge on any atom is -0.393 e. The predicted octanol–water partition coefficient (Wildman–Crippen LogP) is 1.33. The summed E-state index contributed by atoms with van der Waals surface area (Å²) in [6, 6.07) is 0.280. The standard InChI is InChI=1S/C12H21N3O2/c1-9(2)15-12(13-8-14-15)7-10(16)6-11-4-3-5-17-11/h8-11,16H,3-7H2,1-2H3. The van der Waals surface area contributed by atoms with Gasteiger partial charge in [0.05, 0.1) is 12.2 Å². The van der Waals surface area contributed by atoms with Crippen LogP contribution in [0.25, 0.3) is 0 Å². The first kappa shape index (κ1) is 12.5. The lowest BCUT2D eigenvalue weighted by molar-refractivity contribution is 0.0528. The molecule has 2 heterocycles. The van der Waals surface area contributed by atoms with Crippen molar-refractivity contribution in [3.05, 3.63) is 12.2 Å². The molecule has 0 aromatic carbocycles. The number of nitrogens with zero attached hydrogens (tertiary/aromatic N) is 3. The Morgan fingerprint density at radius 2 is 2.41 bits per heavy atom. The maximum atomic E-state index is 10.0. The van der Waals surface area contributed by atoms with Gasteiger partial charge in [0.1, 0.15) is 12.2 Å². The summed E-state index contributed by atoms with van der Waals surface area (Å²) in [4.78, 5) is 4.20. The van der Waals surface area contributed by atoms with Crippen molar-refractivity contribution in [2.45, 2.75) is 57.8 Å². The van der Waals surface area contributed by atoms with E-state index in [1.165, 1.54) is 0 Å². The Hall–Kier alpha value is -0.940. The van der Waals surface area contributed by atoms with Crippen LogP contribution in [0.1, 0.15) is 45.0 Å². The van der Waals surface area contributed by atoms with Crippen LogP contribution in [0.5, 0.6) is 0 Å². The SMILES string of the molecule is CC(C)n1ncnc1CC(O)CC1CCCO1. The zero-order valence-electron chi connectivity index (χ0n) is 10.5. The molecule has 2 atom stereocenters. The normalized spacial score (nSPS) is 22.2. The molecule has 0 spiro atoms. The maximum absolute atomic E-state index is 10.0. The van der Waals surface area contributed by atoms with E-state index in [0.29, 0.717) is 12.8 Å². The topological polar surface area (TPSA) is 60.2 Å². The summed E-state index contributed by atoms with van der Waals surface area (Å²) in [5.74, 6) is 0.852. The molecule has 2 unspecified atom stereocenters. The van der Waals surface area contributed by atoms with Crippen molar-refractivity contribution in [2.75, 3.05) is 6.61 Å². The third-order valence-electron chi connectivity index (χ3n) is 3.11. The van der Waals surface area contributed by atoms with E-state index in [1.807, 2.05) is 4.68 Å². The van der Waals surface area contributed by atoms with E-state index in [4.69, 9.17) is 4.74 Å². The van der Waals surface area contributed by atoms with Crippen LogP contribution in [0.15, 0.2) is 6.33 Å². The third kappa shape index (κ3) is 3.26. The van der Waals surface area contributed by atoms with Gasteiger partial charge in [-0.05, 0) is 33.1 Å². The lowest BCUT2D eigenvalue weighted by Gasteiger charge is -2.16. The molecule has 1 aromatic heterocycles. The van der Waals surface area contributed by atoms with Gasteiger partial charge in [0.25, 0.3) is 0 Å². The first-order valence-electron chi connectivity index (χ1n) is 6.35. The number of aliphatic hydroxyl groups is 1. The average molecular weight is 239 g/mol. The van der Waals surface area contributed by atoms with Gasteiger partial charge < -0.3 is 9.84 Å². The summed E-state index contributed by atoms with van der Waals surface area (Å²) in [7, 11) is 0. The monoisotopic (exact) mass is 239 g/mol. The van der Waals surface area contributed by atoms with Crippen molar-refractivity contribution in [3.8, 4) is 0 Å².